The molecule has 0 aliphatic rings. The van der Waals surface area contributed by atoms with Gasteiger partial charge in [0.1, 0.15) is 12.4 Å². The summed E-state index contributed by atoms with van der Waals surface area (Å²) in [6, 6.07) is 6.18. The van der Waals surface area contributed by atoms with Crippen LogP contribution in [0.2, 0.25) is 0 Å². The van der Waals surface area contributed by atoms with E-state index in [1.165, 1.54) is 13.2 Å². The number of methoxy groups -OCH3 is 1. The van der Waals surface area contributed by atoms with Gasteiger partial charge in [0, 0.05) is 18.8 Å². The van der Waals surface area contributed by atoms with Crippen LogP contribution in [0.1, 0.15) is 61.6 Å². The summed E-state index contributed by atoms with van der Waals surface area (Å²) < 4.78 is 25.5. The molecule has 1 heterocycles. The minimum absolute atomic E-state index is 0.0431. The Morgan fingerprint density at radius 1 is 0.821 bits per heavy atom. The van der Waals surface area contributed by atoms with Crippen LogP contribution in [0, 0.1) is 0 Å². The Morgan fingerprint density at radius 3 is 2.10 bits per heavy atom. The first-order valence-corrected chi connectivity index (χ1v) is 12.6. The first-order valence-electron chi connectivity index (χ1n) is 12.6. The number of carbonyl (C=O) groups is 3. The number of hydrogen-bond donors (Lipinski definition) is 0. The molecular formula is C27H34N4O8. The molecule has 0 fully saturated rings. The number of esters is 3. The molecule has 12 nitrogen and oxygen atoms in total. The SMILES string of the molecule is C=C(C)C(=O)OCCCCCCCCOc1ccc(C(=O)Oc2nnc(C=CC(=O)OCCOC)nn2)cc1. The zero-order valence-corrected chi connectivity index (χ0v) is 22.3. The predicted molar refractivity (Wildman–Crippen MR) is 140 cm³/mol. The van der Waals surface area contributed by atoms with Gasteiger partial charge in [-0.15, -0.1) is 10.2 Å². The fourth-order valence-corrected chi connectivity index (χ4v) is 2.97. The number of aromatic nitrogens is 4. The summed E-state index contributed by atoms with van der Waals surface area (Å²) in [6.07, 6.45) is 8.34. The summed E-state index contributed by atoms with van der Waals surface area (Å²) in [4.78, 5) is 35.1. The van der Waals surface area contributed by atoms with Crippen LogP contribution in [0.5, 0.6) is 11.8 Å². The zero-order chi connectivity index (χ0) is 28.3. The molecule has 210 valence electrons. The van der Waals surface area contributed by atoms with E-state index in [1.54, 1.807) is 31.2 Å². The Labute approximate surface area is 227 Å². The van der Waals surface area contributed by atoms with E-state index in [4.69, 9.17) is 23.7 Å². The lowest BCUT2D eigenvalue weighted by molar-refractivity contribution is -0.139. The average Bonchev–Trinajstić information content (AvgIpc) is 2.94. The summed E-state index contributed by atoms with van der Waals surface area (Å²) in [7, 11) is 1.50. The van der Waals surface area contributed by atoms with Crippen LogP contribution in [0.4, 0.5) is 0 Å². The molecule has 0 saturated carbocycles. The molecule has 0 aliphatic heterocycles. The van der Waals surface area contributed by atoms with Crippen molar-refractivity contribution in [1.29, 1.82) is 0 Å². The molecule has 0 bridgehead atoms. The van der Waals surface area contributed by atoms with E-state index >= 15 is 0 Å². The van der Waals surface area contributed by atoms with E-state index in [2.05, 4.69) is 27.0 Å². The molecule has 0 N–H and O–H groups in total. The summed E-state index contributed by atoms with van der Waals surface area (Å²) in [5, 5.41) is 14.8. The number of nitrogens with zero attached hydrogens (tertiary/aromatic N) is 4. The molecule has 2 aromatic rings. The second kappa shape index (κ2) is 18.1. The molecule has 0 saturated heterocycles. The largest absolute Gasteiger partial charge is 0.494 e. The highest BCUT2D eigenvalue weighted by molar-refractivity contribution is 5.90. The summed E-state index contributed by atoms with van der Waals surface area (Å²) in [6.45, 7) is 6.59. The molecule has 1 aromatic heterocycles. The Balaban J connectivity index is 1.62. The van der Waals surface area contributed by atoms with E-state index < -0.39 is 11.9 Å². The molecule has 0 spiro atoms. The molecule has 39 heavy (non-hydrogen) atoms. The van der Waals surface area contributed by atoms with E-state index in [0.717, 1.165) is 44.6 Å². The van der Waals surface area contributed by atoms with Crippen molar-refractivity contribution in [1.82, 2.24) is 20.4 Å². The van der Waals surface area contributed by atoms with E-state index in [9.17, 15) is 14.4 Å². The minimum Gasteiger partial charge on any atom is -0.494 e. The van der Waals surface area contributed by atoms with Gasteiger partial charge >= 0.3 is 23.9 Å². The Bertz CT molecular complexity index is 1090. The number of hydrogen-bond acceptors (Lipinski definition) is 12. The van der Waals surface area contributed by atoms with Gasteiger partial charge in [0.2, 0.25) is 0 Å². The van der Waals surface area contributed by atoms with Crippen LogP contribution >= 0.6 is 0 Å². The van der Waals surface area contributed by atoms with E-state index in [1.807, 2.05) is 0 Å². The van der Waals surface area contributed by atoms with Crippen molar-refractivity contribution in [2.75, 3.05) is 33.5 Å². The zero-order valence-electron chi connectivity index (χ0n) is 22.3. The van der Waals surface area contributed by atoms with Crippen molar-refractivity contribution in [2.24, 2.45) is 0 Å². The van der Waals surface area contributed by atoms with Gasteiger partial charge in [0.15, 0.2) is 5.82 Å². The third-order valence-electron chi connectivity index (χ3n) is 5.04. The maximum Gasteiger partial charge on any atom is 0.363 e. The van der Waals surface area contributed by atoms with Crippen molar-refractivity contribution >= 4 is 24.0 Å². The second-order valence-corrected chi connectivity index (χ2v) is 8.33. The third-order valence-corrected chi connectivity index (χ3v) is 5.04. The third kappa shape index (κ3) is 13.3. The molecule has 0 amide bonds. The number of carbonyl (C=O) groups excluding carboxylic acids is 3. The maximum atomic E-state index is 12.3. The first-order chi connectivity index (χ1) is 18.9. The van der Waals surface area contributed by atoms with Gasteiger partial charge in [-0.3, -0.25) is 0 Å². The average molecular weight is 543 g/mol. The van der Waals surface area contributed by atoms with Crippen LogP contribution in [-0.2, 0) is 23.8 Å². The molecule has 0 atom stereocenters. The lowest BCUT2D eigenvalue weighted by atomic mass is 10.1. The maximum absolute atomic E-state index is 12.3. The van der Waals surface area contributed by atoms with Crippen LogP contribution in [0.15, 0.2) is 42.5 Å². The highest BCUT2D eigenvalue weighted by atomic mass is 16.6. The normalized spacial score (nSPS) is 10.7. The Morgan fingerprint density at radius 2 is 1.46 bits per heavy atom. The van der Waals surface area contributed by atoms with Gasteiger partial charge in [-0.2, -0.15) is 0 Å². The van der Waals surface area contributed by atoms with Crippen molar-refractivity contribution in [2.45, 2.75) is 45.4 Å². The standard InChI is InChI=1S/C27H34N4O8/c1-20(2)25(33)38-17-9-7-5-4-6-8-16-36-22-12-10-21(11-13-22)26(34)39-27-30-28-23(29-31-27)14-15-24(32)37-19-18-35-3/h10-15H,1,4-9,16-19H2,2-3H3. The molecule has 0 radical (unpaired) electrons. The minimum atomic E-state index is -0.676. The molecule has 0 unspecified atom stereocenters. The number of rotatable bonds is 18. The summed E-state index contributed by atoms with van der Waals surface area (Å²) >= 11 is 0. The van der Waals surface area contributed by atoms with E-state index in [-0.39, 0.29) is 36.6 Å². The van der Waals surface area contributed by atoms with Crippen LogP contribution < -0.4 is 9.47 Å². The molecule has 2 rings (SSSR count). The van der Waals surface area contributed by atoms with Gasteiger partial charge in [-0.1, -0.05) is 42.5 Å². The Hall–Kier alpha value is -4.19. The molecule has 1 aromatic carbocycles. The van der Waals surface area contributed by atoms with E-state index in [0.29, 0.717) is 24.5 Å². The molecule has 12 heteroatoms. The molecule has 0 aliphatic carbocycles. The van der Waals surface area contributed by atoms with Crippen molar-refractivity contribution in [3.63, 3.8) is 0 Å². The van der Waals surface area contributed by atoms with Crippen molar-refractivity contribution < 1.29 is 38.1 Å². The monoisotopic (exact) mass is 542 g/mol. The van der Waals surface area contributed by atoms with Crippen molar-refractivity contribution in [3.05, 3.63) is 53.9 Å². The highest BCUT2D eigenvalue weighted by Crippen LogP contribution is 2.15. The summed E-state index contributed by atoms with van der Waals surface area (Å²) in [5.74, 6) is -0.920. The van der Waals surface area contributed by atoms with Crippen LogP contribution in [0.25, 0.3) is 6.08 Å². The summed E-state index contributed by atoms with van der Waals surface area (Å²) in [5.41, 5.74) is 0.699. The van der Waals surface area contributed by atoms with Gasteiger partial charge in [0.25, 0.3) is 0 Å². The topological polar surface area (TPSA) is 149 Å². The second-order valence-electron chi connectivity index (χ2n) is 8.33. The predicted octanol–water partition coefficient (Wildman–Crippen LogP) is 3.53. The fourth-order valence-electron chi connectivity index (χ4n) is 2.97. The first kappa shape index (κ1) is 31.0. The molecular weight excluding hydrogens is 508 g/mol. The smallest absolute Gasteiger partial charge is 0.363 e. The van der Waals surface area contributed by atoms with Crippen LogP contribution in [0.3, 0.4) is 0 Å². The number of unbranched alkanes of at least 4 members (excludes halogenated alkanes) is 5. The number of ether oxygens (including phenoxy) is 5. The lowest BCUT2D eigenvalue weighted by Crippen LogP contribution is -2.12. The number of benzene rings is 1. The fraction of sp³-hybridized carbons (Fsp3) is 0.444. The highest BCUT2D eigenvalue weighted by Gasteiger charge is 2.12. The van der Waals surface area contributed by atoms with Gasteiger partial charge in [-0.25, -0.2) is 14.4 Å². The van der Waals surface area contributed by atoms with Gasteiger partial charge in [0.05, 0.1) is 25.4 Å². The van der Waals surface area contributed by atoms with Crippen molar-refractivity contribution in [3.8, 4) is 11.8 Å². The van der Waals surface area contributed by atoms with Gasteiger partial charge < -0.3 is 23.7 Å². The quantitative estimate of drug-likeness (QED) is 0.154. The lowest BCUT2D eigenvalue weighted by Gasteiger charge is -2.07. The van der Waals surface area contributed by atoms with Gasteiger partial charge in [-0.05, 0) is 50.1 Å². The van der Waals surface area contributed by atoms with Crippen LogP contribution in [-0.4, -0.2) is 71.8 Å². The Kier molecular flexibility index (Phi) is 14.4.